The molecule has 2 aromatic heterocycles. The molecule has 1 amide bonds. The summed E-state index contributed by atoms with van der Waals surface area (Å²) in [6.07, 6.45) is 3.65. The van der Waals surface area contributed by atoms with Crippen LogP contribution < -0.4 is 5.32 Å². The fourth-order valence-corrected chi connectivity index (χ4v) is 5.30. The maximum atomic E-state index is 12.7. The fourth-order valence-electron chi connectivity index (χ4n) is 2.89. The standard InChI is InChI=1S/C22H17ClN2OS2/c1-14-4-2-6-18-19(14)20(23)21(28-18)22(26)25-16-7-9-17(10-8-16)27-13-15-5-3-11-24-12-15/h2-12H,13H2,1H3,(H,25,26). The molecule has 0 aliphatic rings. The second-order valence-corrected chi connectivity index (χ2v) is 8.80. The number of hydrogen-bond donors (Lipinski definition) is 1. The molecule has 4 rings (SSSR count). The van der Waals surface area contributed by atoms with E-state index in [1.54, 1.807) is 18.0 Å². The Bertz CT molecular complexity index is 1120. The monoisotopic (exact) mass is 424 g/mol. The number of aromatic nitrogens is 1. The quantitative estimate of drug-likeness (QED) is 0.358. The van der Waals surface area contributed by atoms with Gasteiger partial charge in [0.05, 0.1) is 5.02 Å². The lowest BCUT2D eigenvalue weighted by atomic mass is 10.1. The molecule has 0 bridgehead atoms. The number of nitrogens with one attached hydrogen (secondary N) is 1. The van der Waals surface area contributed by atoms with Crippen molar-refractivity contribution in [3.05, 3.63) is 88.0 Å². The van der Waals surface area contributed by atoms with Crippen LogP contribution in [0.25, 0.3) is 10.1 Å². The van der Waals surface area contributed by atoms with Gasteiger partial charge in [0.2, 0.25) is 0 Å². The van der Waals surface area contributed by atoms with Gasteiger partial charge < -0.3 is 5.32 Å². The van der Waals surface area contributed by atoms with E-state index in [0.717, 1.165) is 32.0 Å². The van der Waals surface area contributed by atoms with Gasteiger partial charge in [-0.15, -0.1) is 23.1 Å². The van der Waals surface area contributed by atoms with Gasteiger partial charge in [0.1, 0.15) is 4.88 Å². The normalized spacial score (nSPS) is 10.9. The highest BCUT2D eigenvalue weighted by Crippen LogP contribution is 2.37. The molecule has 0 saturated heterocycles. The van der Waals surface area contributed by atoms with Crippen LogP contribution in [0, 0.1) is 6.92 Å². The third-order valence-corrected chi connectivity index (χ3v) is 7.04. The summed E-state index contributed by atoms with van der Waals surface area (Å²) in [5, 5.41) is 4.44. The van der Waals surface area contributed by atoms with E-state index in [-0.39, 0.29) is 5.91 Å². The number of rotatable bonds is 5. The summed E-state index contributed by atoms with van der Waals surface area (Å²) < 4.78 is 1.03. The average Bonchev–Trinajstić information content (AvgIpc) is 3.06. The number of nitrogens with zero attached hydrogens (tertiary/aromatic N) is 1. The van der Waals surface area contributed by atoms with Gasteiger partial charge in [-0.05, 0) is 54.4 Å². The third-order valence-electron chi connectivity index (χ3n) is 4.31. The molecule has 0 aliphatic heterocycles. The lowest BCUT2D eigenvalue weighted by Gasteiger charge is -2.06. The molecule has 140 valence electrons. The second-order valence-electron chi connectivity index (χ2n) is 6.32. The molecule has 0 atom stereocenters. The molecule has 3 nitrogen and oxygen atoms in total. The summed E-state index contributed by atoms with van der Waals surface area (Å²) in [4.78, 5) is 18.5. The summed E-state index contributed by atoms with van der Waals surface area (Å²) in [5.74, 6) is 0.678. The molecular formula is C22H17ClN2OS2. The van der Waals surface area contributed by atoms with Gasteiger partial charge in [-0.1, -0.05) is 29.8 Å². The summed E-state index contributed by atoms with van der Waals surface area (Å²) in [6.45, 7) is 2.00. The zero-order valence-corrected chi connectivity index (χ0v) is 17.5. The van der Waals surface area contributed by atoms with Crippen LogP contribution in [0.4, 0.5) is 5.69 Å². The zero-order chi connectivity index (χ0) is 19.5. The molecule has 0 radical (unpaired) electrons. The Hall–Kier alpha value is -2.34. The number of thiophene rings is 1. The van der Waals surface area contributed by atoms with E-state index in [9.17, 15) is 4.79 Å². The molecular weight excluding hydrogens is 408 g/mol. The number of benzene rings is 2. The molecule has 6 heteroatoms. The van der Waals surface area contributed by atoms with E-state index in [4.69, 9.17) is 11.6 Å². The number of hydrogen-bond acceptors (Lipinski definition) is 4. The highest BCUT2D eigenvalue weighted by molar-refractivity contribution is 7.98. The molecule has 2 aromatic carbocycles. The number of aryl methyl sites for hydroxylation is 1. The molecule has 0 aliphatic carbocycles. The van der Waals surface area contributed by atoms with Gasteiger partial charge in [0.25, 0.3) is 5.91 Å². The van der Waals surface area contributed by atoms with Crippen molar-refractivity contribution in [1.29, 1.82) is 0 Å². The van der Waals surface area contributed by atoms with Crippen LogP contribution in [0.2, 0.25) is 5.02 Å². The predicted molar refractivity (Wildman–Crippen MR) is 120 cm³/mol. The van der Waals surface area contributed by atoms with Crippen LogP contribution >= 0.6 is 34.7 Å². The Kier molecular flexibility index (Phi) is 5.67. The number of halogens is 1. The Labute approximate surface area is 176 Å². The highest BCUT2D eigenvalue weighted by Gasteiger charge is 2.18. The first-order valence-electron chi connectivity index (χ1n) is 8.72. The van der Waals surface area contributed by atoms with Gasteiger partial charge in [0, 0.05) is 38.8 Å². The fraction of sp³-hybridized carbons (Fsp3) is 0.0909. The molecule has 0 saturated carbocycles. The number of carbonyl (C=O) groups excluding carboxylic acids is 1. The third kappa shape index (κ3) is 4.07. The van der Waals surface area contributed by atoms with Crippen LogP contribution in [0.15, 0.2) is 71.9 Å². The smallest absolute Gasteiger partial charge is 0.267 e. The van der Waals surface area contributed by atoms with Gasteiger partial charge in [0.15, 0.2) is 0 Å². The van der Waals surface area contributed by atoms with E-state index >= 15 is 0 Å². The van der Waals surface area contributed by atoms with Crippen molar-refractivity contribution in [2.45, 2.75) is 17.6 Å². The van der Waals surface area contributed by atoms with E-state index in [1.807, 2.05) is 61.7 Å². The first kappa shape index (κ1) is 19.0. The van der Waals surface area contributed by atoms with Crippen molar-refractivity contribution in [2.24, 2.45) is 0 Å². The van der Waals surface area contributed by atoms with Gasteiger partial charge in [-0.2, -0.15) is 0 Å². The number of pyridine rings is 1. The lowest BCUT2D eigenvalue weighted by molar-refractivity contribution is 0.103. The van der Waals surface area contributed by atoms with Crippen molar-refractivity contribution in [2.75, 3.05) is 5.32 Å². The largest absolute Gasteiger partial charge is 0.321 e. The van der Waals surface area contributed by atoms with Crippen molar-refractivity contribution < 1.29 is 4.79 Å². The number of thioether (sulfide) groups is 1. The number of amides is 1. The zero-order valence-electron chi connectivity index (χ0n) is 15.1. The summed E-state index contributed by atoms with van der Waals surface area (Å²) >= 11 is 9.64. The Balaban J connectivity index is 1.45. The van der Waals surface area contributed by atoms with Crippen LogP contribution in [0.1, 0.15) is 20.8 Å². The first-order chi connectivity index (χ1) is 13.6. The first-order valence-corrected chi connectivity index (χ1v) is 10.9. The van der Waals surface area contributed by atoms with E-state index < -0.39 is 0 Å². The van der Waals surface area contributed by atoms with E-state index in [0.29, 0.717) is 9.90 Å². The SMILES string of the molecule is Cc1cccc2sc(C(=O)Nc3ccc(SCc4cccnc4)cc3)c(Cl)c12. The minimum absolute atomic E-state index is 0.179. The molecule has 0 fully saturated rings. The average molecular weight is 425 g/mol. The Morgan fingerprint density at radius 1 is 1.14 bits per heavy atom. The molecule has 4 aromatic rings. The van der Waals surface area contributed by atoms with Gasteiger partial charge >= 0.3 is 0 Å². The van der Waals surface area contributed by atoms with Crippen molar-refractivity contribution in [1.82, 2.24) is 4.98 Å². The van der Waals surface area contributed by atoms with Crippen LogP contribution in [0.3, 0.4) is 0 Å². The summed E-state index contributed by atoms with van der Waals surface area (Å²) in [7, 11) is 0. The minimum Gasteiger partial charge on any atom is -0.321 e. The van der Waals surface area contributed by atoms with E-state index in [2.05, 4.69) is 16.4 Å². The Morgan fingerprint density at radius 2 is 1.96 bits per heavy atom. The van der Waals surface area contributed by atoms with Crippen LogP contribution in [-0.4, -0.2) is 10.9 Å². The van der Waals surface area contributed by atoms with Gasteiger partial charge in [-0.25, -0.2) is 0 Å². The summed E-state index contributed by atoms with van der Waals surface area (Å²) in [5.41, 5.74) is 3.01. The highest BCUT2D eigenvalue weighted by atomic mass is 35.5. The minimum atomic E-state index is -0.179. The predicted octanol–water partition coefficient (Wildman–Crippen LogP) is 6.80. The van der Waals surface area contributed by atoms with Gasteiger partial charge in [-0.3, -0.25) is 9.78 Å². The molecule has 0 unspecified atom stereocenters. The maximum absolute atomic E-state index is 12.7. The summed E-state index contributed by atoms with van der Waals surface area (Å²) in [6, 6.07) is 17.8. The van der Waals surface area contributed by atoms with Crippen molar-refractivity contribution in [3.63, 3.8) is 0 Å². The van der Waals surface area contributed by atoms with E-state index in [1.165, 1.54) is 16.9 Å². The molecule has 0 spiro atoms. The Morgan fingerprint density at radius 3 is 2.68 bits per heavy atom. The molecule has 1 N–H and O–H groups in total. The number of anilines is 1. The van der Waals surface area contributed by atoms with Crippen LogP contribution in [-0.2, 0) is 5.75 Å². The topological polar surface area (TPSA) is 42.0 Å². The van der Waals surface area contributed by atoms with Crippen molar-refractivity contribution in [3.8, 4) is 0 Å². The lowest BCUT2D eigenvalue weighted by Crippen LogP contribution is -2.10. The number of carbonyl (C=O) groups is 1. The van der Waals surface area contributed by atoms with Crippen LogP contribution in [0.5, 0.6) is 0 Å². The molecule has 28 heavy (non-hydrogen) atoms. The van der Waals surface area contributed by atoms with Crippen molar-refractivity contribution >= 4 is 56.4 Å². The maximum Gasteiger partial charge on any atom is 0.267 e. The number of fused-ring (bicyclic) bond motifs is 1. The second kappa shape index (κ2) is 8.35. The molecule has 2 heterocycles.